The number of rotatable bonds is 4. The summed E-state index contributed by atoms with van der Waals surface area (Å²) in [6.07, 6.45) is -4.32. The molecule has 0 atom stereocenters. The molecule has 0 amide bonds. The molecule has 2 rings (SSSR count). The highest BCUT2D eigenvalue weighted by Gasteiger charge is 2.30. The van der Waals surface area contributed by atoms with E-state index in [0.29, 0.717) is 22.8 Å². The third-order valence-corrected chi connectivity index (χ3v) is 3.96. The number of alkyl halides is 3. The van der Waals surface area contributed by atoms with Crippen molar-refractivity contribution in [3.8, 4) is 5.75 Å². The van der Waals surface area contributed by atoms with Gasteiger partial charge in [0.25, 0.3) is 0 Å². The molecule has 0 aromatic heterocycles. The van der Waals surface area contributed by atoms with E-state index in [2.05, 4.69) is 0 Å². The molecule has 0 saturated carbocycles. The second-order valence-electron chi connectivity index (χ2n) is 4.40. The molecule has 2 aromatic carbocycles. The van der Waals surface area contributed by atoms with Crippen LogP contribution in [0.5, 0.6) is 5.75 Å². The van der Waals surface area contributed by atoms with Crippen LogP contribution in [-0.4, -0.2) is 7.11 Å². The lowest BCUT2D eigenvalue weighted by atomic mass is 10.1. The van der Waals surface area contributed by atoms with Gasteiger partial charge in [-0.2, -0.15) is 13.2 Å². The Morgan fingerprint density at radius 2 is 1.90 bits per heavy atom. The standard InChI is InChI=1S/C15H14F3NOS/c1-20-13-8-12(19)5-6-14(13)21-9-10-3-2-4-11(7-10)15(16,17)18/h2-8H,9,19H2,1H3. The van der Waals surface area contributed by atoms with Crippen molar-refractivity contribution in [2.75, 3.05) is 12.8 Å². The zero-order valence-corrected chi connectivity index (χ0v) is 12.1. The second-order valence-corrected chi connectivity index (χ2v) is 5.41. The Labute approximate surface area is 125 Å². The molecule has 0 saturated heterocycles. The van der Waals surface area contributed by atoms with Gasteiger partial charge in [0.2, 0.25) is 0 Å². The molecule has 0 aliphatic heterocycles. The zero-order valence-electron chi connectivity index (χ0n) is 11.3. The summed E-state index contributed by atoms with van der Waals surface area (Å²) in [6.45, 7) is 0. The maximum Gasteiger partial charge on any atom is 0.416 e. The normalized spacial score (nSPS) is 11.4. The van der Waals surface area contributed by atoms with E-state index in [1.807, 2.05) is 0 Å². The van der Waals surface area contributed by atoms with Crippen LogP contribution in [0.2, 0.25) is 0 Å². The van der Waals surface area contributed by atoms with Crippen molar-refractivity contribution < 1.29 is 17.9 Å². The van der Waals surface area contributed by atoms with E-state index >= 15 is 0 Å². The maximum absolute atomic E-state index is 12.7. The molecule has 0 bridgehead atoms. The highest BCUT2D eigenvalue weighted by Crippen LogP contribution is 2.34. The SMILES string of the molecule is COc1cc(N)ccc1SCc1cccc(C(F)(F)F)c1. The van der Waals surface area contributed by atoms with Crippen LogP contribution in [0, 0.1) is 0 Å². The van der Waals surface area contributed by atoms with Crippen molar-refractivity contribution in [1.82, 2.24) is 0 Å². The highest BCUT2D eigenvalue weighted by atomic mass is 32.2. The monoisotopic (exact) mass is 313 g/mol. The molecule has 112 valence electrons. The van der Waals surface area contributed by atoms with Gasteiger partial charge in [-0.1, -0.05) is 18.2 Å². The number of hydrogen-bond acceptors (Lipinski definition) is 3. The largest absolute Gasteiger partial charge is 0.496 e. The van der Waals surface area contributed by atoms with E-state index in [-0.39, 0.29) is 0 Å². The van der Waals surface area contributed by atoms with Gasteiger partial charge in [0.15, 0.2) is 0 Å². The number of halogens is 3. The van der Waals surface area contributed by atoms with E-state index in [1.54, 1.807) is 24.3 Å². The Morgan fingerprint density at radius 3 is 2.57 bits per heavy atom. The summed E-state index contributed by atoms with van der Waals surface area (Å²) in [5, 5.41) is 0. The molecule has 0 aliphatic carbocycles. The van der Waals surface area contributed by atoms with Crippen LogP contribution in [0.15, 0.2) is 47.4 Å². The molecule has 0 aliphatic rings. The Bertz CT molecular complexity index is 629. The van der Waals surface area contributed by atoms with Crippen LogP contribution in [0.4, 0.5) is 18.9 Å². The predicted molar refractivity (Wildman–Crippen MR) is 78.4 cm³/mol. The molecule has 0 radical (unpaired) electrons. The number of benzene rings is 2. The van der Waals surface area contributed by atoms with Crippen LogP contribution in [0.3, 0.4) is 0 Å². The first-order valence-corrected chi connectivity index (χ1v) is 7.11. The van der Waals surface area contributed by atoms with Crippen molar-refractivity contribution in [3.05, 3.63) is 53.6 Å². The summed E-state index contributed by atoms with van der Waals surface area (Å²) in [5.74, 6) is 1.04. The van der Waals surface area contributed by atoms with E-state index in [9.17, 15) is 13.2 Å². The number of nitrogen functional groups attached to an aromatic ring is 1. The summed E-state index contributed by atoms with van der Waals surface area (Å²) in [4.78, 5) is 0.837. The van der Waals surface area contributed by atoms with Crippen molar-refractivity contribution in [2.45, 2.75) is 16.8 Å². The number of nitrogens with two attached hydrogens (primary N) is 1. The van der Waals surface area contributed by atoms with Crippen LogP contribution in [0.1, 0.15) is 11.1 Å². The number of hydrogen-bond donors (Lipinski definition) is 1. The fraction of sp³-hybridized carbons (Fsp3) is 0.200. The van der Waals surface area contributed by atoms with Crippen LogP contribution < -0.4 is 10.5 Å². The van der Waals surface area contributed by atoms with Crippen molar-refractivity contribution in [1.29, 1.82) is 0 Å². The number of ether oxygens (including phenoxy) is 1. The van der Waals surface area contributed by atoms with E-state index in [0.717, 1.165) is 17.0 Å². The molecular formula is C15H14F3NOS. The smallest absolute Gasteiger partial charge is 0.416 e. The fourth-order valence-corrected chi connectivity index (χ4v) is 2.75. The topological polar surface area (TPSA) is 35.2 Å². The lowest BCUT2D eigenvalue weighted by Crippen LogP contribution is -2.04. The van der Waals surface area contributed by atoms with Gasteiger partial charge in [0.05, 0.1) is 12.7 Å². The molecule has 0 heterocycles. The van der Waals surface area contributed by atoms with Crippen LogP contribution >= 0.6 is 11.8 Å². The molecule has 0 fully saturated rings. The van der Waals surface area contributed by atoms with Crippen LogP contribution in [-0.2, 0) is 11.9 Å². The average molecular weight is 313 g/mol. The molecule has 2 aromatic rings. The van der Waals surface area contributed by atoms with E-state index < -0.39 is 11.7 Å². The number of anilines is 1. The van der Waals surface area contributed by atoms with Gasteiger partial charge < -0.3 is 10.5 Å². The fourth-order valence-electron chi connectivity index (χ4n) is 1.80. The molecule has 0 spiro atoms. The second kappa shape index (κ2) is 6.30. The Morgan fingerprint density at radius 1 is 1.14 bits per heavy atom. The molecular weight excluding hydrogens is 299 g/mol. The summed E-state index contributed by atoms with van der Waals surface area (Å²) >= 11 is 1.40. The van der Waals surface area contributed by atoms with Gasteiger partial charge in [0, 0.05) is 22.4 Å². The molecule has 6 heteroatoms. The zero-order chi connectivity index (χ0) is 15.5. The van der Waals surface area contributed by atoms with E-state index in [1.165, 1.54) is 24.9 Å². The minimum absolute atomic E-state index is 0.421. The van der Waals surface area contributed by atoms with Crippen molar-refractivity contribution in [3.63, 3.8) is 0 Å². The lowest BCUT2D eigenvalue weighted by molar-refractivity contribution is -0.137. The number of thioether (sulfide) groups is 1. The summed E-state index contributed by atoms with van der Waals surface area (Å²) in [7, 11) is 1.53. The quantitative estimate of drug-likeness (QED) is 0.662. The Balaban J connectivity index is 2.13. The highest BCUT2D eigenvalue weighted by molar-refractivity contribution is 7.98. The Kier molecular flexibility index (Phi) is 4.67. The van der Waals surface area contributed by atoms with Gasteiger partial charge in [-0.15, -0.1) is 11.8 Å². The average Bonchev–Trinajstić information content (AvgIpc) is 2.45. The summed E-state index contributed by atoms with van der Waals surface area (Å²) in [5.41, 5.74) is 6.21. The summed E-state index contributed by atoms with van der Waals surface area (Å²) < 4.78 is 43.2. The lowest BCUT2D eigenvalue weighted by Gasteiger charge is -2.10. The molecule has 2 N–H and O–H groups in total. The van der Waals surface area contributed by atoms with Crippen molar-refractivity contribution >= 4 is 17.4 Å². The summed E-state index contributed by atoms with van der Waals surface area (Å²) in [6, 6.07) is 10.5. The minimum Gasteiger partial charge on any atom is -0.496 e. The van der Waals surface area contributed by atoms with Gasteiger partial charge in [0.1, 0.15) is 5.75 Å². The van der Waals surface area contributed by atoms with Crippen molar-refractivity contribution in [2.24, 2.45) is 0 Å². The van der Waals surface area contributed by atoms with E-state index in [4.69, 9.17) is 10.5 Å². The number of methoxy groups -OCH3 is 1. The van der Waals surface area contributed by atoms with Gasteiger partial charge in [-0.25, -0.2) is 0 Å². The molecule has 0 unspecified atom stereocenters. The van der Waals surface area contributed by atoms with Gasteiger partial charge in [-0.3, -0.25) is 0 Å². The van der Waals surface area contributed by atoms with Gasteiger partial charge >= 0.3 is 6.18 Å². The molecule has 21 heavy (non-hydrogen) atoms. The first-order valence-electron chi connectivity index (χ1n) is 6.12. The third-order valence-electron chi connectivity index (χ3n) is 2.84. The maximum atomic E-state index is 12.7. The first kappa shape index (κ1) is 15.6. The van der Waals surface area contributed by atoms with Crippen LogP contribution in [0.25, 0.3) is 0 Å². The minimum atomic E-state index is -4.32. The third kappa shape index (κ3) is 4.07. The Hall–Kier alpha value is -1.82. The molecule has 2 nitrogen and oxygen atoms in total. The van der Waals surface area contributed by atoms with Gasteiger partial charge in [-0.05, 0) is 23.8 Å². The first-order chi connectivity index (χ1) is 9.90. The predicted octanol–water partition coefficient (Wildman–Crippen LogP) is 4.59.